The zero-order chi connectivity index (χ0) is 18.6. The van der Waals surface area contributed by atoms with Crippen molar-refractivity contribution in [2.45, 2.75) is 85.5 Å². The molecule has 1 aliphatic rings. The summed E-state index contributed by atoms with van der Waals surface area (Å²) >= 11 is 0. The first-order chi connectivity index (χ1) is 11.6. The second-order valence-electron chi connectivity index (χ2n) is 9.60. The fourth-order valence-electron chi connectivity index (χ4n) is 4.24. The van der Waals surface area contributed by atoms with E-state index in [2.05, 4.69) is 79.7 Å². The molecule has 3 rings (SSSR count). The molecule has 0 bridgehead atoms. The summed E-state index contributed by atoms with van der Waals surface area (Å²) in [5.41, 5.74) is 12.0. The van der Waals surface area contributed by atoms with Crippen LogP contribution in [0.5, 0.6) is 0 Å². The van der Waals surface area contributed by atoms with Gasteiger partial charge in [0, 0.05) is 26.2 Å². The maximum atomic E-state index is 3.79. The summed E-state index contributed by atoms with van der Waals surface area (Å²) in [4.78, 5) is 0. The van der Waals surface area contributed by atoms with Crippen LogP contribution in [0.15, 0.2) is 18.2 Å². The van der Waals surface area contributed by atoms with Crippen LogP contribution < -0.4 is 0 Å². The molecule has 0 spiro atoms. The van der Waals surface area contributed by atoms with Crippen LogP contribution in [0, 0.1) is 6.07 Å². The molecular formula is C25H35Cl2Zr-. The van der Waals surface area contributed by atoms with Crippen LogP contribution in [0.3, 0.4) is 0 Å². The Hall–Kier alpha value is -0.0969. The molecule has 0 amide bonds. The number of aryl methyl sites for hydroxylation is 2. The summed E-state index contributed by atoms with van der Waals surface area (Å²) in [6.45, 7) is 18.5. The number of hydrogen-bond acceptors (Lipinski definition) is 0. The molecule has 0 nitrogen and oxygen atoms in total. The zero-order valence-corrected chi connectivity index (χ0v) is 22.8. The minimum absolute atomic E-state index is 0. The maximum Gasteiger partial charge on any atom is 0 e. The average molecular weight is 498 g/mol. The van der Waals surface area contributed by atoms with Crippen molar-refractivity contribution in [1.29, 1.82) is 0 Å². The molecule has 0 radical (unpaired) electrons. The van der Waals surface area contributed by atoms with Gasteiger partial charge in [-0.1, -0.05) is 84.9 Å². The Morgan fingerprint density at radius 2 is 1.32 bits per heavy atom. The van der Waals surface area contributed by atoms with Crippen LogP contribution in [-0.4, -0.2) is 0 Å². The molecule has 0 saturated carbocycles. The summed E-state index contributed by atoms with van der Waals surface area (Å²) in [5, 5.41) is 0. The SMILES string of the molecule is CCc1[c-]c2c(cc1C(C)(C)C)-c1cc(C(C)(C)C)c(CC)cc1C2.Cl.Cl.[Zr]. The third-order valence-corrected chi connectivity index (χ3v) is 5.58. The Kier molecular flexibility index (Phi) is 9.77. The minimum atomic E-state index is 0. The summed E-state index contributed by atoms with van der Waals surface area (Å²) in [6.07, 6.45) is 3.20. The molecule has 154 valence electrons. The van der Waals surface area contributed by atoms with Gasteiger partial charge in [0.15, 0.2) is 0 Å². The van der Waals surface area contributed by atoms with Crippen LogP contribution in [0.2, 0.25) is 0 Å². The third-order valence-electron chi connectivity index (χ3n) is 5.58. The molecule has 3 heteroatoms. The van der Waals surface area contributed by atoms with E-state index in [1.165, 1.54) is 44.5 Å². The quantitative estimate of drug-likeness (QED) is 0.320. The van der Waals surface area contributed by atoms with Gasteiger partial charge >= 0.3 is 0 Å². The molecule has 0 heterocycles. The average Bonchev–Trinajstić information content (AvgIpc) is 2.87. The smallest absolute Gasteiger partial charge is 0 e. The third kappa shape index (κ3) is 5.14. The molecule has 0 fully saturated rings. The Morgan fingerprint density at radius 3 is 1.79 bits per heavy atom. The largest absolute Gasteiger partial charge is 0.176 e. The van der Waals surface area contributed by atoms with Crippen molar-refractivity contribution >= 4 is 24.8 Å². The first kappa shape index (κ1) is 27.9. The first-order valence-electron chi connectivity index (χ1n) is 9.81. The van der Waals surface area contributed by atoms with Crippen molar-refractivity contribution in [2.24, 2.45) is 0 Å². The van der Waals surface area contributed by atoms with Gasteiger partial charge in [0.1, 0.15) is 0 Å². The van der Waals surface area contributed by atoms with Gasteiger partial charge in [-0.3, -0.25) is 0 Å². The number of halogens is 2. The number of fused-ring (bicyclic) bond motifs is 3. The van der Waals surface area contributed by atoms with Crippen LogP contribution in [0.4, 0.5) is 0 Å². The van der Waals surface area contributed by atoms with Gasteiger partial charge < -0.3 is 0 Å². The summed E-state index contributed by atoms with van der Waals surface area (Å²) < 4.78 is 0. The molecule has 0 N–H and O–H groups in total. The van der Waals surface area contributed by atoms with Crippen molar-refractivity contribution in [3.05, 3.63) is 57.6 Å². The van der Waals surface area contributed by atoms with E-state index in [-0.39, 0.29) is 61.8 Å². The Labute approximate surface area is 204 Å². The van der Waals surface area contributed by atoms with Crippen LogP contribution in [-0.2, 0) is 56.3 Å². The van der Waals surface area contributed by atoms with E-state index in [1.54, 1.807) is 0 Å². The predicted molar refractivity (Wildman–Crippen MR) is 124 cm³/mol. The van der Waals surface area contributed by atoms with Gasteiger partial charge in [-0.2, -0.15) is 17.7 Å². The molecular weight excluding hydrogens is 462 g/mol. The van der Waals surface area contributed by atoms with Gasteiger partial charge in [-0.05, 0) is 34.9 Å². The second kappa shape index (κ2) is 9.81. The van der Waals surface area contributed by atoms with E-state index in [4.69, 9.17) is 0 Å². The number of hydrogen-bond donors (Lipinski definition) is 0. The zero-order valence-electron chi connectivity index (χ0n) is 18.7. The van der Waals surface area contributed by atoms with Gasteiger partial charge in [0.05, 0.1) is 0 Å². The van der Waals surface area contributed by atoms with Gasteiger partial charge in [-0.25, -0.2) is 0 Å². The van der Waals surface area contributed by atoms with Gasteiger partial charge in [0.2, 0.25) is 0 Å². The predicted octanol–water partition coefficient (Wildman–Crippen LogP) is 7.62. The van der Waals surface area contributed by atoms with Gasteiger partial charge in [-0.15, -0.1) is 41.5 Å². The van der Waals surface area contributed by atoms with Crippen molar-refractivity contribution < 1.29 is 26.2 Å². The van der Waals surface area contributed by atoms with Crippen LogP contribution >= 0.6 is 24.8 Å². The van der Waals surface area contributed by atoms with Crippen LogP contribution in [0.1, 0.15) is 88.8 Å². The van der Waals surface area contributed by atoms with E-state index >= 15 is 0 Å². The van der Waals surface area contributed by atoms with E-state index in [0.717, 1.165) is 19.3 Å². The van der Waals surface area contributed by atoms with Crippen molar-refractivity contribution in [2.75, 3.05) is 0 Å². The molecule has 0 aliphatic heterocycles. The minimum Gasteiger partial charge on any atom is -0.176 e. The number of benzene rings is 2. The standard InChI is InChI=1S/C25H33.2ClH.Zr/c1-9-16-11-18-13-19-12-17(10-2)23(25(6,7)8)15-21(19)20(18)14-22(16)24(3,4)5;;;/h11,14-15H,9-10,13H2,1-8H3;2*1H;/q-1;;;. The van der Waals surface area contributed by atoms with E-state index in [9.17, 15) is 0 Å². The fourth-order valence-corrected chi connectivity index (χ4v) is 4.24. The molecule has 0 saturated heterocycles. The topological polar surface area (TPSA) is 0 Å². The molecule has 2 aromatic carbocycles. The number of rotatable bonds is 2. The monoisotopic (exact) mass is 495 g/mol. The molecule has 0 unspecified atom stereocenters. The second-order valence-corrected chi connectivity index (χ2v) is 9.60. The Morgan fingerprint density at radius 1 is 0.786 bits per heavy atom. The molecule has 2 aromatic rings. The Bertz CT molecular complexity index is 754. The van der Waals surface area contributed by atoms with Crippen molar-refractivity contribution in [3.63, 3.8) is 0 Å². The van der Waals surface area contributed by atoms with E-state index in [1.807, 2.05) is 0 Å². The first-order valence-corrected chi connectivity index (χ1v) is 9.81. The summed E-state index contributed by atoms with van der Waals surface area (Å²) in [7, 11) is 0. The Balaban J connectivity index is 0.00000243. The summed E-state index contributed by atoms with van der Waals surface area (Å²) in [6, 6.07) is 11.2. The van der Waals surface area contributed by atoms with E-state index < -0.39 is 0 Å². The summed E-state index contributed by atoms with van der Waals surface area (Å²) in [5.74, 6) is 0. The molecule has 28 heavy (non-hydrogen) atoms. The van der Waals surface area contributed by atoms with E-state index in [0.29, 0.717) is 0 Å². The maximum absolute atomic E-state index is 3.79. The molecule has 0 atom stereocenters. The molecule has 1 aliphatic carbocycles. The van der Waals surface area contributed by atoms with Gasteiger partial charge in [0.25, 0.3) is 0 Å². The fraction of sp³-hybridized carbons (Fsp3) is 0.520. The normalized spacial score (nSPS) is 12.3. The molecule has 0 aromatic heterocycles. The van der Waals surface area contributed by atoms with Crippen LogP contribution in [0.25, 0.3) is 11.1 Å². The van der Waals surface area contributed by atoms with Crippen molar-refractivity contribution in [3.8, 4) is 11.1 Å². The van der Waals surface area contributed by atoms with Crippen molar-refractivity contribution in [1.82, 2.24) is 0 Å².